The minimum absolute atomic E-state index is 0.0440. The molecule has 20 heavy (non-hydrogen) atoms. The summed E-state index contributed by atoms with van der Waals surface area (Å²) >= 11 is 0. The van der Waals surface area contributed by atoms with Gasteiger partial charge < -0.3 is 14.6 Å². The van der Waals surface area contributed by atoms with Gasteiger partial charge in [0.2, 0.25) is 11.7 Å². The molecule has 3 heterocycles. The number of morpholine rings is 1. The molecule has 2 aliphatic rings. The van der Waals surface area contributed by atoms with Gasteiger partial charge in [0.15, 0.2) is 0 Å². The van der Waals surface area contributed by atoms with Crippen molar-refractivity contribution in [3.63, 3.8) is 0 Å². The summed E-state index contributed by atoms with van der Waals surface area (Å²) in [5.74, 6) is 2.35. The molecule has 2 saturated heterocycles. The van der Waals surface area contributed by atoms with Crippen LogP contribution in [0.1, 0.15) is 44.0 Å². The number of nitrogens with zero attached hydrogens (tertiary/aromatic N) is 3. The van der Waals surface area contributed by atoms with Crippen molar-refractivity contribution in [3.8, 4) is 0 Å². The highest BCUT2D eigenvalue weighted by atomic mass is 16.5. The summed E-state index contributed by atoms with van der Waals surface area (Å²) in [5.41, 5.74) is 0. The Kier molecular flexibility index (Phi) is 4.33. The second kappa shape index (κ2) is 6.20. The number of hydrogen-bond donors (Lipinski definition) is 1. The smallest absolute Gasteiger partial charge is 0.231 e. The molecule has 2 fully saturated rings. The molecule has 1 unspecified atom stereocenters. The maximum atomic E-state index is 5.80. The van der Waals surface area contributed by atoms with Crippen molar-refractivity contribution in [2.75, 3.05) is 39.3 Å². The molecule has 0 saturated carbocycles. The summed E-state index contributed by atoms with van der Waals surface area (Å²) in [7, 11) is 0. The molecule has 1 N–H and O–H groups in total. The molecule has 0 bridgehead atoms. The van der Waals surface area contributed by atoms with E-state index in [4.69, 9.17) is 9.26 Å². The van der Waals surface area contributed by atoms with Crippen LogP contribution in [0.2, 0.25) is 0 Å². The third kappa shape index (κ3) is 2.87. The second-order valence-electron chi connectivity index (χ2n) is 5.89. The van der Waals surface area contributed by atoms with Crippen LogP contribution in [-0.4, -0.2) is 54.4 Å². The molecule has 2 aliphatic heterocycles. The second-order valence-corrected chi connectivity index (χ2v) is 5.89. The Hall–Kier alpha value is -0.980. The zero-order chi connectivity index (χ0) is 13.9. The molecule has 3 rings (SSSR count). The first-order valence-electron chi connectivity index (χ1n) is 7.66. The summed E-state index contributed by atoms with van der Waals surface area (Å²) < 4.78 is 11.3. The van der Waals surface area contributed by atoms with E-state index < -0.39 is 0 Å². The Morgan fingerprint density at radius 1 is 1.40 bits per heavy atom. The minimum atomic E-state index is -0.0440. The third-order valence-electron chi connectivity index (χ3n) is 4.27. The maximum absolute atomic E-state index is 5.80. The molecule has 1 aromatic heterocycles. The number of hydrogen-bond acceptors (Lipinski definition) is 6. The monoisotopic (exact) mass is 280 g/mol. The predicted octanol–water partition coefficient (Wildman–Crippen LogP) is 1.18. The van der Waals surface area contributed by atoms with Gasteiger partial charge in [0.1, 0.15) is 6.10 Å². The fraction of sp³-hybridized carbons (Fsp3) is 0.857. The fourth-order valence-electron chi connectivity index (χ4n) is 3.05. The highest BCUT2D eigenvalue weighted by molar-refractivity contribution is 5.03. The normalized spacial score (nSPS) is 31.8. The van der Waals surface area contributed by atoms with Gasteiger partial charge in [-0.3, -0.25) is 4.90 Å². The number of ether oxygens (including phenoxy) is 1. The Balaban J connectivity index is 1.66. The van der Waals surface area contributed by atoms with E-state index in [1.807, 2.05) is 0 Å². The molecule has 0 aromatic carbocycles. The van der Waals surface area contributed by atoms with Gasteiger partial charge in [0, 0.05) is 19.6 Å². The lowest BCUT2D eigenvalue weighted by Crippen LogP contribution is -2.39. The average molecular weight is 280 g/mol. The highest BCUT2D eigenvalue weighted by Gasteiger charge is 2.32. The molecule has 6 nitrogen and oxygen atoms in total. The van der Waals surface area contributed by atoms with E-state index in [2.05, 4.69) is 34.2 Å². The molecule has 0 spiro atoms. The van der Waals surface area contributed by atoms with Crippen molar-refractivity contribution in [3.05, 3.63) is 11.7 Å². The van der Waals surface area contributed by atoms with E-state index in [0.29, 0.717) is 17.7 Å². The zero-order valence-corrected chi connectivity index (χ0v) is 12.3. The Morgan fingerprint density at radius 3 is 3.05 bits per heavy atom. The van der Waals surface area contributed by atoms with Crippen LogP contribution in [0.3, 0.4) is 0 Å². The summed E-state index contributed by atoms with van der Waals surface area (Å²) in [6.07, 6.45) is 1.12. The van der Waals surface area contributed by atoms with E-state index >= 15 is 0 Å². The minimum Gasteiger partial charge on any atom is -0.367 e. The maximum Gasteiger partial charge on any atom is 0.231 e. The summed E-state index contributed by atoms with van der Waals surface area (Å²) in [4.78, 5) is 7.00. The van der Waals surface area contributed by atoms with Gasteiger partial charge in [0.05, 0.1) is 12.5 Å². The summed E-state index contributed by atoms with van der Waals surface area (Å²) in [6.45, 7) is 10.1. The van der Waals surface area contributed by atoms with Crippen molar-refractivity contribution in [1.29, 1.82) is 0 Å². The predicted molar refractivity (Wildman–Crippen MR) is 74.5 cm³/mol. The van der Waals surface area contributed by atoms with Crippen molar-refractivity contribution < 1.29 is 9.26 Å². The van der Waals surface area contributed by atoms with E-state index in [1.165, 1.54) is 0 Å². The molecule has 6 heteroatoms. The van der Waals surface area contributed by atoms with E-state index in [-0.39, 0.29) is 6.10 Å². The van der Waals surface area contributed by atoms with E-state index in [0.717, 1.165) is 51.6 Å². The Labute approximate surface area is 119 Å². The van der Waals surface area contributed by atoms with Crippen molar-refractivity contribution in [1.82, 2.24) is 20.4 Å². The summed E-state index contributed by atoms with van der Waals surface area (Å²) in [6, 6.07) is 0. The lowest BCUT2D eigenvalue weighted by molar-refractivity contribution is -0.0350. The standard InChI is InChI=1S/C14H24N4O2/c1-3-4-18-5-6-19-12(9-18)13-16-14(20-17-13)11-8-15-7-10(11)2/h10-12,15H,3-9H2,1-2H3/t10-,11-,12?/m1/s1. The van der Waals surface area contributed by atoms with Crippen LogP contribution in [0.15, 0.2) is 4.52 Å². The van der Waals surface area contributed by atoms with Crippen molar-refractivity contribution in [2.45, 2.75) is 32.3 Å². The zero-order valence-electron chi connectivity index (χ0n) is 12.3. The molecule has 0 radical (unpaired) electrons. The largest absolute Gasteiger partial charge is 0.367 e. The van der Waals surface area contributed by atoms with Gasteiger partial charge in [-0.1, -0.05) is 19.0 Å². The fourth-order valence-corrected chi connectivity index (χ4v) is 3.05. The SMILES string of the molecule is CCCN1CCOC(c2noc([C@@H]3CNC[C@H]3C)n2)C1. The van der Waals surface area contributed by atoms with Gasteiger partial charge in [0.25, 0.3) is 0 Å². The third-order valence-corrected chi connectivity index (χ3v) is 4.27. The van der Waals surface area contributed by atoms with Gasteiger partial charge in [-0.15, -0.1) is 0 Å². The molecular formula is C14H24N4O2. The van der Waals surface area contributed by atoms with E-state index in [1.54, 1.807) is 0 Å². The van der Waals surface area contributed by atoms with Crippen LogP contribution in [-0.2, 0) is 4.74 Å². The van der Waals surface area contributed by atoms with Gasteiger partial charge in [-0.25, -0.2) is 0 Å². The molecule has 112 valence electrons. The van der Waals surface area contributed by atoms with Crippen LogP contribution < -0.4 is 5.32 Å². The molecule has 0 aliphatic carbocycles. The first-order valence-corrected chi connectivity index (χ1v) is 7.66. The quantitative estimate of drug-likeness (QED) is 0.893. The van der Waals surface area contributed by atoms with Crippen LogP contribution in [0.4, 0.5) is 0 Å². The van der Waals surface area contributed by atoms with Gasteiger partial charge in [-0.2, -0.15) is 4.98 Å². The van der Waals surface area contributed by atoms with E-state index in [9.17, 15) is 0 Å². The Morgan fingerprint density at radius 2 is 2.30 bits per heavy atom. The first kappa shape index (κ1) is 14.0. The van der Waals surface area contributed by atoms with Crippen LogP contribution in [0.25, 0.3) is 0 Å². The Bertz CT molecular complexity index is 435. The van der Waals surface area contributed by atoms with Crippen LogP contribution >= 0.6 is 0 Å². The van der Waals surface area contributed by atoms with Crippen molar-refractivity contribution >= 4 is 0 Å². The molecule has 0 amide bonds. The average Bonchev–Trinajstić information content (AvgIpc) is 3.08. The molecule has 3 atom stereocenters. The number of aromatic nitrogens is 2. The number of rotatable bonds is 4. The van der Waals surface area contributed by atoms with Crippen LogP contribution in [0.5, 0.6) is 0 Å². The lowest BCUT2D eigenvalue weighted by Gasteiger charge is -2.30. The lowest BCUT2D eigenvalue weighted by atomic mass is 9.98. The first-order chi connectivity index (χ1) is 9.78. The topological polar surface area (TPSA) is 63.4 Å². The molecule has 1 aromatic rings. The summed E-state index contributed by atoms with van der Waals surface area (Å²) in [5, 5.41) is 7.51. The van der Waals surface area contributed by atoms with Gasteiger partial charge in [-0.05, 0) is 25.4 Å². The van der Waals surface area contributed by atoms with Crippen LogP contribution in [0, 0.1) is 5.92 Å². The number of nitrogens with one attached hydrogen (secondary N) is 1. The van der Waals surface area contributed by atoms with Crippen molar-refractivity contribution in [2.24, 2.45) is 5.92 Å². The highest BCUT2D eigenvalue weighted by Crippen LogP contribution is 2.28. The molecular weight excluding hydrogens is 256 g/mol. The van der Waals surface area contributed by atoms with Gasteiger partial charge >= 0.3 is 0 Å².